The molecule has 4 aromatic heterocycles. The molecule has 1 saturated carbocycles. The molecule has 10 nitrogen and oxygen atoms in total. The van der Waals surface area contributed by atoms with Crippen LogP contribution in [0.2, 0.25) is 0 Å². The third-order valence-corrected chi connectivity index (χ3v) is 7.21. The van der Waals surface area contributed by atoms with Crippen LogP contribution in [0.15, 0.2) is 24.7 Å². The number of nitrogens with two attached hydrogens (primary N) is 1. The number of aromatic amines is 1. The first-order valence-electron chi connectivity index (χ1n) is 11.3. The van der Waals surface area contributed by atoms with E-state index >= 15 is 4.39 Å². The highest BCUT2D eigenvalue weighted by Crippen LogP contribution is 2.47. The van der Waals surface area contributed by atoms with E-state index in [-0.39, 0.29) is 23.5 Å². The fourth-order valence-electron chi connectivity index (χ4n) is 5.24. The first kappa shape index (κ1) is 20.3. The number of nitrogens with zero attached hydrogens (tertiary/aromatic N) is 6. The molecule has 35 heavy (non-hydrogen) atoms. The Labute approximate surface area is 197 Å². The molecule has 1 aliphatic carbocycles. The molecule has 1 saturated heterocycles. The highest BCUT2D eigenvalue weighted by atomic mass is 19.2. The molecule has 2 aliphatic rings. The van der Waals surface area contributed by atoms with Crippen LogP contribution in [0, 0.1) is 24.5 Å². The van der Waals surface area contributed by atoms with Gasteiger partial charge in [-0.1, -0.05) is 0 Å². The summed E-state index contributed by atoms with van der Waals surface area (Å²) in [4.78, 5) is 18.8. The predicted molar refractivity (Wildman–Crippen MR) is 126 cm³/mol. The van der Waals surface area contributed by atoms with Crippen LogP contribution in [0.25, 0.3) is 27.6 Å². The van der Waals surface area contributed by atoms with Crippen LogP contribution in [0.3, 0.4) is 0 Å². The van der Waals surface area contributed by atoms with E-state index in [1.165, 1.54) is 0 Å². The molecule has 2 fully saturated rings. The van der Waals surface area contributed by atoms with Crippen molar-refractivity contribution in [3.8, 4) is 11.8 Å². The Morgan fingerprint density at radius 1 is 1.23 bits per heavy atom. The fourth-order valence-corrected chi connectivity index (χ4v) is 5.24. The average Bonchev–Trinajstić information content (AvgIpc) is 3.40. The van der Waals surface area contributed by atoms with Gasteiger partial charge in [-0.05, 0) is 13.3 Å². The van der Waals surface area contributed by atoms with Crippen molar-refractivity contribution in [2.24, 2.45) is 11.7 Å². The summed E-state index contributed by atoms with van der Waals surface area (Å²) < 4.78 is 37.2. The molecular weight excluding hydrogens is 456 g/mol. The zero-order valence-corrected chi connectivity index (χ0v) is 18.9. The summed E-state index contributed by atoms with van der Waals surface area (Å²) in [5.41, 5.74) is 8.95. The second kappa shape index (κ2) is 6.98. The van der Waals surface area contributed by atoms with Gasteiger partial charge in [0.05, 0.1) is 40.6 Å². The Kier molecular flexibility index (Phi) is 4.05. The number of halogens is 2. The largest absolute Gasteiger partial charge is 0.421 e. The van der Waals surface area contributed by atoms with Gasteiger partial charge in [-0.3, -0.25) is 0 Å². The monoisotopic (exact) mass is 477 g/mol. The first-order valence-corrected chi connectivity index (χ1v) is 11.3. The number of aryl methyl sites for hydroxylation is 1. The molecule has 5 aromatic rings. The highest BCUT2D eigenvalue weighted by molar-refractivity contribution is 6.15. The summed E-state index contributed by atoms with van der Waals surface area (Å²) >= 11 is 0. The van der Waals surface area contributed by atoms with E-state index in [1.54, 1.807) is 30.2 Å². The summed E-state index contributed by atoms with van der Waals surface area (Å²) in [6, 6.07) is 1.52. The molecular formula is C23H21F2N9O. The summed E-state index contributed by atoms with van der Waals surface area (Å²) in [7, 11) is 1.65. The second-order valence-electron chi connectivity index (χ2n) is 9.17. The maximum atomic E-state index is 15.1. The smallest absolute Gasteiger partial charge is 0.326 e. The zero-order valence-electron chi connectivity index (χ0n) is 18.9. The number of piperidine rings is 1. The van der Waals surface area contributed by atoms with Crippen molar-refractivity contribution in [3.63, 3.8) is 0 Å². The number of hydrogen-bond donors (Lipinski definition) is 3. The minimum absolute atomic E-state index is 0.0584. The van der Waals surface area contributed by atoms with Crippen LogP contribution in [0.1, 0.15) is 12.0 Å². The van der Waals surface area contributed by atoms with Crippen LogP contribution in [-0.4, -0.2) is 55.2 Å². The van der Waals surface area contributed by atoms with E-state index in [9.17, 15) is 4.39 Å². The highest BCUT2D eigenvalue weighted by Gasteiger charge is 2.52. The molecule has 1 aliphatic heterocycles. The lowest BCUT2D eigenvalue weighted by atomic mass is 9.67. The molecule has 0 radical (unpaired) electrons. The minimum atomic E-state index is -0.949. The van der Waals surface area contributed by atoms with Crippen LogP contribution in [0.4, 0.5) is 20.3 Å². The maximum absolute atomic E-state index is 15.1. The van der Waals surface area contributed by atoms with Gasteiger partial charge in [-0.25, -0.2) is 18.3 Å². The molecule has 4 N–H and O–H groups in total. The van der Waals surface area contributed by atoms with Gasteiger partial charge >= 0.3 is 6.01 Å². The van der Waals surface area contributed by atoms with E-state index in [0.29, 0.717) is 46.3 Å². The number of anilines is 2. The van der Waals surface area contributed by atoms with Crippen LogP contribution in [-0.2, 0) is 0 Å². The lowest BCUT2D eigenvalue weighted by Gasteiger charge is -2.59. The number of benzene rings is 1. The Morgan fingerprint density at radius 2 is 2.09 bits per heavy atom. The van der Waals surface area contributed by atoms with Gasteiger partial charge in [0, 0.05) is 43.2 Å². The van der Waals surface area contributed by atoms with Gasteiger partial charge in [0.2, 0.25) is 0 Å². The van der Waals surface area contributed by atoms with Crippen molar-refractivity contribution >= 4 is 39.1 Å². The summed E-state index contributed by atoms with van der Waals surface area (Å²) in [5, 5.41) is 7.69. The number of aromatic nitrogens is 6. The number of ether oxygens (including phenoxy) is 1. The van der Waals surface area contributed by atoms with E-state index in [0.717, 1.165) is 23.7 Å². The van der Waals surface area contributed by atoms with E-state index in [2.05, 4.69) is 35.3 Å². The van der Waals surface area contributed by atoms with Gasteiger partial charge in [0.25, 0.3) is 0 Å². The van der Waals surface area contributed by atoms with Gasteiger partial charge in [-0.15, -0.1) is 0 Å². The Morgan fingerprint density at radius 3 is 2.83 bits per heavy atom. The summed E-state index contributed by atoms with van der Waals surface area (Å²) in [5.74, 6) is -0.661. The van der Waals surface area contributed by atoms with Crippen molar-refractivity contribution in [2.75, 3.05) is 23.8 Å². The van der Waals surface area contributed by atoms with Gasteiger partial charge in [0.1, 0.15) is 11.5 Å². The fraction of sp³-hybridized carbons (Fsp3) is 0.304. The molecule has 0 amide bonds. The molecule has 0 bridgehead atoms. The van der Waals surface area contributed by atoms with Gasteiger partial charge in [0.15, 0.2) is 23.0 Å². The molecule has 3 atom stereocenters. The van der Waals surface area contributed by atoms with Crippen LogP contribution < -0.4 is 20.7 Å². The molecule has 0 spiro atoms. The number of H-pyrrole nitrogens is 1. The lowest BCUT2D eigenvalue weighted by Crippen LogP contribution is -2.71. The molecule has 7 rings (SSSR count). The van der Waals surface area contributed by atoms with E-state index in [1.807, 2.05) is 6.92 Å². The van der Waals surface area contributed by atoms with Crippen molar-refractivity contribution in [1.29, 1.82) is 0 Å². The van der Waals surface area contributed by atoms with Gasteiger partial charge in [-0.2, -0.15) is 15.1 Å². The van der Waals surface area contributed by atoms with E-state index < -0.39 is 11.6 Å². The quantitative estimate of drug-likeness (QED) is 0.361. The van der Waals surface area contributed by atoms with E-state index in [4.69, 9.17) is 10.5 Å². The topological polar surface area (TPSA) is 122 Å². The number of nitrogens with one attached hydrogen (secondary N) is 2. The van der Waals surface area contributed by atoms with Crippen LogP contribution >= 0.6 is 0 Å². The van der Waals surface area contributed by atoms with Crippen molar-refractivity contribution in [2.45, 2.75) is 25.4 Å². The zero-order chi connectivity index (χ0) is 24.0. The van der Waals surface area contributed by atoms with Crippen molar-refractivity contribution in [3.05, 3.63) is 41.9 Å². The molecule has 3 unspecified atom stereocenters. The molecule has 178 valence electrons. The SMILES string of the molecule is CNc1cc(F)c(F)c2c1[nH]c1nc(Oc3cnc4c(C)cnn4c3)nc(N3CC4C(N)CC43)c12. The van der Waals surface area contributed by atoms with Gasteiger partial charge < -0.3 is 25.7 Å². The first-order chi connectivity index (χ1) is 16.9. The lowest BCUT2D eigenvalue weighted by molar-refractivity contribution is 0.121. The molecule has 5 heterocycles. The second-order valence-corrected chi connectivity index (χ2v) is 9.17. The normalized spacial score (nSPS) is 21.3. The Hall–Kier alpha value is -4.06. The average molecular weight is 477 g/mol. The maximum Gasteiger partial charge on any atom is 0.326 e. The number of fused-ring (bicyclic) bond motifs is 5. The third-order valence-electron chi connectivity index (χ3n) is 7.21. The van der Waals surface area contributed by atoms with Crippen molar-refractivity contribution < 1.29 is 13.5 Å². The summed E-state index contributed by atoms with van der Waals surface area (Å²) in [6.07, 6.45) is 5.79. The number of rotatable bonds is 4. The molecule has 1 aromatic carbocycles. The Bertz CT molecular complexity index is 1660. The number of hydrogen-bond acceptors (Lipinski definition) is 8. The van der Waals surface area contributed by atoms with Crippen LogP contribution in [0.5, 0.6) is 11.8 Å². The summed E-state index contributed by atoms with van der Waals surface area (Å²) in [6.45, 7) is 2.60. The predicted octanol–water partition coefficient (Wildman–Crippen LogP) is 3.11. The van der Waals surface area contributed by atoms with Crippen molar-refractivity contribution in [1.82, 2.24) is 29.5 Å². The standard InChI is InChI=1S/C23H21F2N9O/c1-9-5-29-34-7-10(6-28-21(9)34)35-23-31-20-17(22(32-23)33-8-11-13(26)4-15(11)33)16-18(25)12(24)3-14(27-2)19(16)30-20/h3,5-7,11,13,15,27H,4,8,26H2,1-2H3,(H,30,31,32). The minimum Gasteiger partial charge on any atom is -0.421 e. The third kappa shape index (κ3) is 2.77. The Balaban J connectivity index is 1.41. The molecule has 12 heteroatoms.